The van der Waals surface area contributed by atoms with Crippen molar-refractivity contribution in [2.75, 3.05) is 12.9 Å². The van der Waals surface area contributed by atoms with Gasteiger partial charge in [-0.05, 0) is 42.8 Å². The Balaban J connectivity index is 1.83. The van der Waals surface area contributed by atoms with Crippen molar-refractivity contribution in [3.8, 4) is 5.75 Å². The molecule has 150 valence electrons. The van der Waals surface area contributed by atoms with E-state index in [0.717, 1.165) is 17.7 Å². The molecular weight excluding hydrogens is 391 g/mol. The molecule has 1 amide bonds. The molecule has 2 rings (SSSR count). The molecule has 0 unspecified atom stereocenters. The van der Waals surface area contributed by atoms with Crippen LogP contribution in [0.3, 0.4) is 0 Å². The van der Waals surface area contributed by atoms with Crippen LogP contribution in [-0.4, -0.2) is 24.6 Å². The molecule has 0 saturated heterocycles. The summed E-state index contributed by atoms with van der Waals surface area (Å²) in [6.07, 6.45) is -4.38. The Labute approximate surface area is 165 Å². The molecular formula is C20H20F3NO3S. The molecule has 8 heteroatoms. The molecule has 0 saturated carbocycles. The van der Waals surface area contributed by atoms with E-state index >= 15 is 0 Å². The second-order valence-electron chi connectivity index (χ2n) is 6.05. The van der Waals surface area contributed by atoms with Crippen molar-refractivity contribution in [3.63, 3.8) is 0 Å². The number of halogens is 3. The fourth-order valence-electron chi connectivity index (χ4n) is 2.43. The van der Waals surface area contributed by atoms with Gasteiger partial charge in [-0.2, -0.15) is 13.2 Å². The minimum absolute atomic E-state index is 0.0526. The second kappa shape index (κ2) is 9.64. The highest BCUT2D eigenvalue weighted by Crippen LogP contribution is 2.29. The van der Waals surface area contributed by atoms with E-state index in [1.807, 2.05) is 0 Å². The summed E-state index contributed by atoms with van der Waals surface area (Å²) in [6.45, 7) is 1.63. The van der Waals surface area contributed by atoms with Gasteiger partial charge < -0.3 is 10.1 Å². The standard InChI is InChI=1S/C20H20F3NO3S/c1-13(25)15-5-8-18(27-2)16(9-15)11-28-12-19(26)24-10-14-3-6-17(7-4-14)20(21,22)23/h3-9H,10-12H2,1-2H3,(H,24,26). The Hall–Kier alpha value is -2.48. The highest BCUT2D eigenvalue weighted by Gasteiger charge is 2.29. The number of rotatable bonds is 8. The lowest BCUT2D eigenvalue weighted by molar-refractivity contribution is -0.137. The maximum absolute atomic E-state index is 12.5. The first-order valence-corrected chi connectivity index (χ1v) is 9.54. The molecule has 0 atom stereocenters. The van der Waals surface area contributed by atoms with Gasteiger partial charge in [-0.1, -0.05) is 12.1 Å². The van der Waals surface area contributed by atoms with Crippen LogP contribution in [0.25, 0.3) is 0 Å². The molecule has 28 heavy (non-hydrogen) atoms. The van der Waals surface area contributed by atoms with Crippen LogP contribution in [0.1, 0.15) is 34.0 Å². The predicted octanol–water partition coefficient (Wildman–Crippen LogP) is 4.47. The lowest BCUT2D eigenvalue weighted by Crippen LogP contribution is -2.24. The molecule has 0 aromatic heterocycles. The number of ketones is 1. The zero-order valence-corrected chi connectivity index (χ0v) is 16.2. The quantitative estimate of drug-likeness (QED) is 0.652. The number of Topliss-reactive ketones (excluding diaryl/α,β-unsaturated/α-hetero) is 1. The van der Waals surface area contributed by atoms with Gasteiger partial charge in [0.1, 0.15) is 5.75 Å². The number of ether oxygens (including phenoxy) is 1. The van der Waals surface area contributed by atoms with Crippen LogP contribution < -0.4 is 10.1 Å². The molecule has 0 aliphatic rings. The molecule has 0 heterocycles. The van der Waals surface area contributed by atoms with E-state index in [1.165, 1.54) is 37.9 Å². The van der Waals surface area contributed by atoms with Gasteiger partial charge in [0.2, 0.25) is 5.91 Å². The summed E-state index contributed by atoms with van der Waals surface area (Å²) in [6, 6.07) is 9.81. The van der Waals surface area contributed by atoms with Crippen molar-refractivity contribution in [2.45, 2.75) is 25.4 Å². The van der Waals surface area contributed by atoms with Crippen molar-refractivity contribution in [1.82, 2.24) is 5.32 Å². The number of nitrogens with one attached hydrogen (secondary N) is 1. The van der Waals surface area contributed by atoms with E-state index < -0.39 is 11.7 Å². The summed E-state index contributed by atoms with van der Waals surface area (Å²) < 4.78 is 42.9. The lowest BCUT2D eigenvalue weighted by Gasteiger charge is -2.10. The monoisotopic (exact) mass is 411 g/mol. The third-order valence-corrected chi connectivity index (χ3v) is 4.93. The normalized spacial score (nSPS) is 11.2. The predicted molar refractivity (Wildman–Crippen MR) is 102 cm³/mol. The number of methoxy groups -OCH3 is 1. The molecule has 4 nitrogen and oxygen atoms in total. The zero-order valence-electron chi connectivity index (χ0n) is 15.4. The number of carbonyl (C=O) groups is 2. The van der Waals surface area contributed by atoms with Gasteiger partial charge in [-0.3, -0.25) is 9.59 Å². The molecule has 0 aliphatic carbocycles. The third-order valence-electron chi connectivity index (χ3n) is 3.95. The first-order valence-electron chi connectivity index (χ1n) is 8.39. The lowest BCUT2D eigenvalue weighted by atomic mass is 10.1. The first kappa shape index (κ1) is 21.8. The van der Waals surface area contributed by atoms with Crippen LogP contribution in [-0.2, 0) is 23.3 Å². The largest absolute Gasteiger partial charge is 0.496 e. The minimum atomic E-state index is -4.38. The first-order chi connectivity index (χ1) is 13.2. The number of thioether (sulfide) groups is 1. The fraction of sp³-hybridized carbons (Fsp3) is 0.300. The number of alkyl halides is 3. The average Bonchev–Trinajstić information content (AvgIpc) is 2.65. The SMILES string of the molecule is COc1ccc(C(C)=O)cc1CSCC(=O)NCc1ccc(C(F)(F)F)cc1. The van der Waals surface area contributed by atoms with Gasteiger partial charge in [0.05, 0.1) is 18.4 Å². The molecule has 0 radical (unpaired) electrons. The van der Waals surface area contributed by atoms with Crippen LogP contribution in [0.15, 0.2) is 42.5 Å². The van der Waals surface area contributed by atoms with Crippen molar-refractivity contribution in [1.29, 1.82) is 0 Å². The van der Waals surface area contributed by atoms with Crippen LogP contribution >= 0.6 is 11.8 Å². The number of amides is 1. The van der Waals surface area contributed by atoms with E-state index in [9.17, 15) is 22.8 Å². The number of benzene rings is 2. The fourth-order valence-corrected chi connectivity index (χ4v) is 3.26. The van der Waals surface area contributed by atoms with Gasteiger partial charge in [0.25, 0.3) is 0 Å². The molecule has 2 aromatic rings. The van der Waals surface area contributed by atoms with Gasteiger partial charge in [-0.25, -0.2) is 0 Å². The number of hydrogen-bond acceptors (Lipinski definition) is 4. The summed E-state index contributed by atoms with van der Waals surface area (Å²) in [5, 5.41) is 2.68. The highest BCUT2D eigenvalue weighted by molar-refractivity contribution is 7.99. The molecule has 0 fully saturated rings. The summed E-state index contributed by atoms with van der Waals surface area (Å²) in [4.78, 5) is 23.5. The van der Waals surface area contributed by atoms with Gasteiger partial charge >= 0.3 is 6.18 Å². The van der Waals surface area contributed by atoms with Crippen LogP contribution in [0.4, 0.5) is 13.2 Å². The van der Waals surface area contributed by atoms with E-state index in [0.29, 0.717) is 22.6 Å². The minimum Gasteiger partial charge on any atom is -0.496 e. The van der Waals surface area contributed by atoms with Gasteiger partial charge in [0.15, 0.2) is 5.78 Å². The third kappa shape index (κ3) is 6.30. The second-order valence-corrected chi connectivity index (χ2v) is 7.03. The summed E-state index contributed by atoms with van der Waals surface area (Å²) in [7, 11) is 1.54. The summed E-state index contributed by atoms with van der Waals surface area (Å²) >= 11 is 1.35. The van der Waals surface area contributed by atoms with Crippen LogP contribution in [0.5, 0.6) is 5.75 Å². The van der Waals surface area contributed by atoms with E-state index in [2.05, 4.69) is 5.32 Å². The number of hydrogen-bond donors (Lipinski definition) is 1. The smallest absolute Gasteiger partial charge is 0.416 e. The Kier molecular flexibility index (Phi) is 7.51. The van der Waals surface area contributed by atoms with Crippen molar-refractivity contribution >= 4 is 23.5 Å². The van der Waals surface area contributed by atoms with Crippen molar-refractivity contribution in [2.24, 2.45) is 0 Å². The molecule has 0 bridgehead atoms. The Bertz CT molecular complexity index is 836. The molecule has 2 aromatic carbocycles. The van der Waals surface area contributed by atoms with Crippen molar-refractivity contribution in [3.05, 3.63) is 64.7 Å². The highest BCUT2D eigenvalue weighted by atomic mass is 32.2. The molecule has 0 spiro atoms. The number of carbonyl (C=O) groups excluding carboxylic acids is 2. The topological polar surface area (TPSA) is 55.4 Å². The molecule has 1 N–H and O–H groups in total. The van der Waals surface area contributed by atoms with E-state index in [-0.39, 0.29) is 24.0 Å². The van der Waals surface area contributed by atoms with E-state index in [1.54, 1.807) is 18.2 Å². The maximum atomic E-state index is 12.5. The summed E-state index contributed by atoms with van der Waals surface area (Å²) in [5.74, 6) is 1.02. The Morgan fingerprint density at radius 1 is 1.11 bits per heavy atom. The summed E-state index contributed by atoms with van der Waals surface area (Å²) in [5.41, 5.74) is 1.25. The zero-order chi connectivity index (χ0) is 20.7. The maximum Gasteiger partial charge on any atom is 0.416 e. The molecule has 0 aliphatic heterocycles. The van der Waals surface area contributed by atoms with Crippen LogP contribution in [0.2, 0.25) is 0 Å². The van der Waals surface area contributed by atoms with Crippen molar-refractivity contribution < 1.29 is 27.5 Å². The van der Waals surface area contributed by atoms with E-state index in [4.69, 9.17) is 4.74 Å². The van der Waals surface area contributed by atoms with Gasteiger partial charge in [0, 0.05) is 23.4 Å². The Morgan fingerprint density at radius 3 is 2.36 bits per heavy atom. The van der Waals surface area contributed by atoms with Gasteiger partial charge in [-0.15, -0.1) is 11.8 Å². The average molecular weight is 411 g/mol. The Morgan fingerprint density at radius 2 is 1.79 bits per heavy atom. The van der Waals surface area contributed by atoms with Crippen LogP contribution in [0, 0.1) is 0 Å².